The lowest BCUT2D eigenvalue weighted by Crippen LogP contribution is -2.48. The Balaban J connectivity index is 1.49. The smallest absolute Gasteiger partial charge is 0.345 e. The average Bonchev–Trinajstić information content (AvgIpc) is 3.05. The minimum atomic E-state index is -4.39. The quantitative estimate of drug-likeness (QED) is 0.0291. The number of nitrogens with one attached hydrogen (secondary N) is 1. The first kappa shape index (κ1) is 39.8. The van der Waals surface area contributed by atoms with Gasteiger partial charge in [0.1, 0.15) is 5.75 Å². The van der Waals surface area contributed by atoms with E-state index in [2.05, 4.69) is 5.32 Å². The summed E-state index contributed by atoms with van der Waals surface area (Å²) in [5.74, 6) is -1.48. The average molecular weight is 743 g/mol. The molecule has 0 fully saturated rings. The van der Waals surface area contributed by atoms with Gasteiger partial charge in [-0.1, -0.05) is 24.3 Å². The Hall–Kier alpha value is -3.99. The number of benzene rings is 3. The van der Waals surface area contributed by atoms with Crippen LogP contribution >= 0.6 is 0 Å². The standard InChI is InChI=1S/C36H46N4O9S2/c1-26-24-28(35(41)38-17-9-20-40(3,19-8-16-37)21-11-23-51(46,47)48)25-27(2)34(26)49-36(42)33-29-12-4-6-14-31(29)39(18-10-22-50(43,44)45)32-15-7-5-13-30(32)33/h4-7,12-15,24-25H,8-11,16-23,37H2,1-3H3,(H-2,38,41,43,44,45,46,47,48). The van der Waals surface area contributed by atoms with Gasteiger partial charge in [0.25, 0.3) is 5.91 Å². The Kier molecular flexibility index (Phi) is 13.3. The lowest BCUT2D eigenvalue weighted by Gasteiger charge is -2.35. The number of ether oxygens (including phenoxy) is 1. The van der Waals surface area contributed by atoms with Gasteiger partial charge < -0.3 is 29.4 Å². The summed E-state index contributed by atoms with van der Waals surface area (Å²) in [5.41, 5.74) is 8.97. The van der Waals surface area contributed by atoms with E-state index in [0.29, 0.717) is 86.9 Å². The van der Waals surface area contributed by atoms with Crippen LogP contribution in [0.5, 0.6) is 5.75 Å². The molecular weight excluding hydrogens is 697 g/mol. The summed E-state index contributed by atoms with van der Waals surface area (Å²) >= 11 is 0. The van der Waals surface area contributed by atoms with Crippen LogP contribution in [0.2, 0.25) is 0 Å². The number of hydrogen-bond acceptors (Lipinski definition) is 10. The molecule has 4 aromatic rings. The summed E-state index contributed by atoms with van der Waals surface area (Å²) in [6.45, 7) is 6.54. The first-order valence-corrected chi connectivity index (χ1v) is 20.0. The molecule has 1 heterocycles. The second-order valence-corrected chi connectivity index (χ2v) is 16.2. The third-order valence-electron chi connectivity index (χ3n) is 8.98. The number of aryl methyl sites for hydroxylation is 3. The van der Waals surface area contributed by atoms with E-state index < -0.39 is 37.7 Å². The van der Waals surface area contributed by atoms with Gasteiger partial charge in [0.15, 0.2) is 6.54 Å². The first-order valence-electron chi connectivity index (χ1n) is 16.9. The molecule has 0 spiro atoms. The third-order valence-corrected chi connectivity index (χ3v) is 10.6. The number of rotatable bonds is 18. The van der Waals surface area contributed by atoms with Crippen molar-refractivity contribution >= 4 is 53.9 Å². The van der Waals surface area contributed by atoms with Crippen LogP contribution in [0.4, 0.5) is 0 Å². The highest BCUT2D eigenvalue weighted by Crippen LogP contribution is 2.30. The SMILES string of the molecule is Cc1cc(C(=O)NCCC[N+](C)(CCCN)CCCS(=O)(=O)[O-])cc(C)c1OC(=O)c1c2ccccc2[n+](CCCS(=O)(=O)[O-])c2ccccc12. The van der Waals surface area contributed by atoms with Crippen LogP contribution in [0.3, 0.4) is 0 Å². The van der Waals surface area contributed by atoms with Crippen LogP contribution in [-0.4, -0.2) is 93.6 Å². The highest BCUT2D eigenvalue weighted by Gasteiger charge is 2.27. The summed E-state index contributed by atoms with van der Waals surface area (Å²) in [6.07, 6.45) is 1.74. The number of pyridine rings is 1. The van der Waals surface area contributed by atoms with Gasteiger partial charge in [-0.25, -0.2) is 21.6 Å². The molecule has 0 aliphatic heterocycles. The van der Waals surface area contributed by atoms with E-state index in [1.807, 2.05) is 35.9 Å². The predicted molar refractivity (Wildman–Crippen MR) is 192 cm³/mol. The maximum Gasteiger partial charge on any atom is 0.345 e. The van der Waals surface area contributed by atoms with E-state index in [1.165, 1.54) is 0 Å². The fraction of sp³-hybridized carbons (Fsp3) is 0.417. The number of nitrogens with two attached hydrogens (primary N) is 1. The number of fused-ring (bicyclic) bond motifs is 2. The van der Waals surface area contributed by atoms with Crippen molar-refractivity contribution in [2.75, 3.05) is 51.3 Å². The number of aromatic nitrogens is 1. The second kappa shape index (κ2) is 17.0. The summed E-state index contributed by atoms with van der Waals surface area (Å²) in [7, 11) is -6.68. The molecule has 15 heteroatoms. The van der Waals surface area contributed by atoms with E-state index in [0.717, 1.165) is 13.0 Å². The molecule has 13 nitrogen and oxygen atoms in total. The van der Waals surface area contributed by atoms with Crippen molar-refractivity contribution in [1.82, 2.24) is 5.32 Å². The molecule has 0 radical (unpaired) electrons. The van der Waals surface area contributed by atoms with Crippen LogP contribution in [0.25, 0.3) is 21.8 Å². The zero-order valence-electron chi connectivity index (χ0n) is 29.2. The topological polar surface area (TPSA) is 200 Å². The number of quaternary nitrogens is 1. The number of carbonyl (C=O) groups excluding carboxylic acids is 2. The molecule has 0 saturated heterocycles. The van der Waals surface area contributed by atoms with Crippen molar-refractivity contribution in [3.8, 4) is 5.75 Å². The molecule has 0 bridgehead atoms. The van der Waals surface area contributed by atoms with Crippen molar-refractivity contribution in [3.05, 3.63) is 82.9 Å². The predicted octanol–water partition coefficient (Wildman–Crippen LogP) is 2.90. The monoisotopic (exact) mass is 742 g/mol. The molecule has 276 valence electrons. The Bertz CT molecular complexity index is 2040. The maximum atomic E-state index is 14.0. The van der Waals surface area contributed by atoms with Crippen LogP contribution in [0.1, 0.15) is 57.5 Å². The number of esters is 1. The molecule has 0 saturated carbocycles. The first-order chi connectivity index (χ1) is 24.0. The largest absolute Gasteiger partial charge is 0.748 e. The normalized spacial score (nSPS) is 13.3. The van der Waals surface area contributed by atoms with Gasteiger partial charge in [-0.15, -0.1) is 0 Å². The third kappa shape index (κ3) is 11.0. The fourth-order valence-corrected chi connectivity index (χ4v) is 7.52. The molecule has 1 amide bonds. The highest BCUT2D eigenvalue weighted by atomic mass is 32.2. The van der Waals surface area contributed by atoms with Gasteiger partial charge in [0.2, 0.25) is 11.0 Å². The van der Waals surface area contributed by atoms with Crippen molar-refractivity contribution < 1.29 is 49.3 Å². The molecule has 51 heavy (non-hydrogen) atoms. The minimum Gasteiger partial charge on any atom is -0.748 e. The summed E-state index contributed by atoms with van der Waals surface area (Å²) in [5, 5.41) is 4.14. The molecule has 3 aromatic carbocycles. The van der Waals surface area contributed by atoms with E-state index >= 15 is 0 Å². The van der Waals surface area contributed by atoms with Gasteiger partial charge >= 0.3 is 5.97 Å². The van der Waals surface area contributed by atoms with E-state index in [1.54, 1.807) is 50.2 Å². The Morgan fingerprint density at radius 1 is 0.804 bits per heavy atom. The number of hydrogen-bond donors (Lipinski definition) is 2. The van der Waals surface area contributed by atoms with E-state index in [9.17, 15) is 35.5 Å². The van der Waals surface area contributed by atoms with Gasteiger partial charge in [-0.3, -0.25) is 4.79 Å². The molecular formula is C36H46N4O9S2. The van der Waals surface area contributed by atoms with Crippen molar-refractivity contribution in [3.63, 3.8) is 0 Å². The number of amides is 1. The van der Waals surface area contributed by atoms with Crippen molar-refractivity contribution in [2.24, 2.45) is 5.73 Å². The molecule has 1 aromatic heterocycles. The van der Waals surface area contributed by atoms with E-state index in [-0.39, 0.29) is 25.3 Å². The molecule has 0 aliphatic rings. The summed E-state index contributed by atoms with van der Waals surface area (Å²) < 4.78 is 75.5. The van der Waals surface area contributed by atoms with Gasteiger partial charge in [-0.05, 0) is 55.8 Å². The zero-order valence-corrected chi connectivity index (χ0v) is 30.9. The molecule has 0 aliphatic carbocycles. The van der Waals surface area contributed by atoms with Crippen molar-refractivity contribution in [2.45, 2.75) is 46.1 Å². The molecule has 4 rings (SSSR count). The number of carbonyl (C=O) groups is 2. The highest BCUT2D eigenvalue weighted by molar-refractivity contribution is 7.85. The number of para-hydroxylation sites is 2. The van der Waals surface area contributed by atoms with Crippen LogP contribution in [-0.2, 0) is 26.8 Å². The lowest BCUT2D eigenvalue weighted by molar-refractivity contribution is -0.909. The van der Waals surface area contributed by atoms with Gasteiger partial charge in [0.05, 0.1) is 63.3 Å². The Labute approximate surface area is 299 Å². The summed E-state index contributed by atoms with van der Waals surface area (Å²) in [4.78, 5) is 27.1. The Morgan fingerprint density at radius 3 is 1.86 bits per heavy atom. The maximum absolute atomic E-state index is 14.0. The van der Waals surface area contributed by atoms with Gasteiger partial charge in [-0.2, -0.15) is 4.57 Å². The van der Waals surface area contributed by atoms with Crippen molar-refractivity contribution in [1.29, 1.82) is 0 Å². The van der Waals surface area contributed by atoms with E-state index in [4.69, 9.17) is 10.5 Å². The van der Waals surface area contributed by atoms with Crippen LogP contribution in [0.15, 0.2) is 60.7 Å². The van der Waals surface area contributed by atoms with Crippen LogP contribution < -0.4 is 20.4 Å². The summed E-state index contributed by atoms with van der Waals surface area (Å²) in [6, 6.07) is 17.8. The zero-order chi connectivity index (χ0) is 37.4. The van der Waals surface area contributed by atoms with Gasteiger partial charge in [0, 0.05) is 61.4 Å². The number of nitrogens with zero attached hydrogens (tertiary/aromatic N) is 2. The minimum absolute atomic E-state index is 0.109. The molecule has 3 N–H and O–H groups in total. The second-order valence-electron chi connectivity index (χ2n) is 13.2. The van der Waals surface area contributed by atoms with Crippen LogP contribution in [0, 0.1) is 13.8 Å². The fourth-order valence-electron chi connectivity index (χ4n) is 6.56. The molecule has 1 unspecified atom stereocenters. The molecule has 1 atom stereocenters. The lowest BCUT2D eigenvalue weighted by atomic mass is 10.0. The Morgan fingerprint density at radius 2 is 1.31 bits per heavy atom.